The molecule has 2 heterocycles. The zero-order valence-corrected chi connectivity index (χ0v) is 45.8. The Balaban J connectivity index is 1.82. The number of carbonyl (C=O) groups excluding carboxylic acids is 1. The zero-order valence-electron chi connectivity index (χ0n) is 45.8. The Bertz CT molecular complexity index is 1520. The van der Waals surface area contributed by atoms with Gasteiger partial charge in [0.15, 0.2) is 12.6 Å². The number of allylic oxidation sites excluding steroid dienone is 11. The van der Waals surface area contributed by atoms with Gasteiger partial charge in [0.2, 0.25) is 5.91 Å². The highest BCUT2D eigenvalue weighted by Crippen LogP contribution is 2.30. The lowest BCUT2D eigenvalue weighted by molar-refractivity contribution is -0.359. The van der Waals surface area contributed by atoms with Crippen LogP contribution in [0.4, 0.5) is 0 Å². The number of amides is 1. The molecule has 9 N–H and O–H groups in total. The Kier molecular flexibility index (Phi) is 41.5. The second-order valence-electron chi connectivity index (χ2n) is 20.4. The van der Waals surface area contributed by atoms with E-state index in [4.69, 9.17) is 18.9 Å². The molecule has 428 valence electrons. The lowest BCUT2D eigenvalue weighted by Gasteiger charge is -2.46. The molecule has 2 saturated heterocycles. The summed E-state index contributed by atoms with van der Waals surface area (Å²) in [7, 11) is 0. The lowest BCUT2D eigenvalue weighted by Crippen LogP contribution is -2.65. The molecule has 0 aromatic rings. The van der Waals surface area contributed by atoms with E-state index in [9.17, 15) is 45.6 Å². The van der Waals surface area contributed by atoms with Gasteiger partial charge in [0.25, 0.3) is 0 Å². The normalized spacial score (nSPS) is 25.8. The number of rotatable bonds is 45. The molecule has 0 spiro atoms. The summed E-state index contributed by atoms with van der Waals surface area (Å²) < 4.78 is 22.7. The van der Waals surface area contributed by atoms with Gasteiger partial charge in [0.1, 0.15) is 48.8 Å². The molecule has 1 amide bonds. The molecule has 12 unspecified atom stereocenters. The van der Waals surface area contributed by atoms with Crippen molar-refractivity contribution in [3.8, 4) is 0 Å². The Morgan fingerprint density at radius 1 is 0.486 bits per heavy atom. The Morgan fingerprint density at radius 2 is 0.905 bits per heavy atom. The van der Waals surface area contributed by atoms with Gasteiger partial charge < -0.3 is 65.1 Å². The molecule has 12 atom stereocenters. The van der Waals surface area contributed by atoms with Crippen molar-refractivity contribution in [1.82, 2.24) is 5.32 Å². The molecule has 2 fully saturated rings. The Morgan fingerprint density at radius 3 is 1.42 bits per heavy atom. The molecular formula is C60H105NO13. The van der Waals surface area contributed by atoms with Crippen LogP contribution in [0.15, 0.2) is 72.9 Å². The maximum Gasteiger partial charge on any atom is 0.220 e. The van der Waals surface area contributed by atoms with E-state index in [0.717, 1.165) is 77.0 Å². The monoisotopic (exact) mass is 1050 g/mol. The molecular weight excluding hydrogens is 943 g/mol. The number of hydrogen-bond acceptors (Lipinski definition) is 13. The van der Waals surface area contributed by atoms with Crippen LogP contribution in [0.1, 0.15) is 206 Å². The summed E-state index contributed by atoms with van der Waals surface area (Å²) in [5, 5.41) is 87.0. The van der Waals surface area contributed by atoms with E-state index in [0.29, 0.717) is 12.8 Å². The van der Waals surface area contributed by atoms with Crippen molar-refractivity contribution in [2.24, 2.45) is 0 Å². The number of aliphatic hydroxyl groups is 8. The van der Waals surface area contributed by atoms with Gasteiger partial charge in [0.05, 0.1) is 32.0 Å². The van der Waals surface area contributed by atoms with Crippen LogP contribution in [0.2, 0.25) is 0 Å². The molecule has 0 saturated carbocycles. The second-order valence-corrected chi connectivity index (χ2v) is 20.4. The first kappa shape index (κ1) is 67.5. The van der Waals surface area contributed by atoms with Crippen LogP contribution in [-0.2, 0) is 23.7 Å². The fourth-order valence-electron chi connectivity index (χ4n) is 9.09. The van der Waals surface area contributed by atoms with Gasteiger partial charge in [-0.25, -0.2) is 0 Å². The van der Waals surface area contributed by atoms with Crippen LogP contribution in [0.25, 0.3) is 0 Å². The van der Waals surface area contributed by atoms with Crippen molar-refractivity contribution in [3.05, 3.63) is 72.9 Å². The molecule has 2 aliphatic rings. The second kappa shape index (κ2) is 45.4. The third-order valence-corrected chi connectivity index (χ3v) is 13.8. The number of hydrogen-bond donors (Lipinski definition) is 9. The average Bonchev–Trinajstić information content (AvgIpc) is 3.40. The smallest absolute Gasteiger partial charge is 0.220 e. The minimum atomic E-state index is -1.80. The topological polar surface area (TPSA) is 228 Å². The first-order valence-electron chi connectivity index (χ1n) is 29.2. The van der Waals surface area contributed by atoms with Crippen LogP contribution >= 0.6 is 0 Å². The van der Waals surface area contributed by atoms with Crippen molar-refractivity contribution >= 4 is 5.91 Å². The maximum absolute atomic E-state index is 13.2. The summed E-state index contributed by atoms with van der Waals surface area (Å²) in [5.41, 5.74) is 0. The summed E-state index contributed by atoms with van der Waals surface area (Å²) in [6, 6.07) is -0.949. The number of ether oxygens (including phenoxy) is 4. The molecule has 0 aromatic heterocycles. The zero-order chi connectivity index (χ0) is 53.9. The molecule has 14 heteroatoms. The lowest BCUT2D eigenvalue weighted by atomic mass is 9.97. The summed E-state index contributed by atoms with van der Waals surface area (Å²) in [6.07, 6.45) is 42.2. The van der Waals surface area contributed by atoms with Gasteiger partial charge in [-0.05, 0) is 83.5 Å². The highest BCUT2D eigenvalue weighted by molar-refractivity contribution is 5.76. The number of aliphatic hydroxyl groups excluding tert-OH is 8. The highest BCUT2D eigenvalue weighted by Gasteiger charge is 2.51. The van der Waals surface area contributed by atoms with Gasteiger partial charge in [-0.2, -0.15) is 0 Å². The van der Waals surface area contributed by atoms with E-state index in [1.165, 1.54) is 96.3 Å². The predicted molar refractivity (Wildman–Crippen MR) is 295 cm³/mol. The van der Waals surface area contributed by atoms with Crippen LogP contribution in [0.3, 0.4) is 0 Å². The van der Waals surface area contributed by atoms with E-state index < -0.39 is 86.8 Å². The van der Waals surface area contributed by atoms with Crippen molar-refractivity contribution in [1.29, 1.82) is 0 Å². The fourth-order valence-corrected chi connectivity index (χ4v) is 9.09. The van der Waals surface area contributed by atoms with Crippen molar-refractivity contribution in [2.75, 3.05) is 19.8 Å². The van der Waals surface area contributed by atoms with E-state index in [-0.39, 0.29) is 18.9 Å². The van der Waals surface area contributed by atoms with E-state index in [1.54, 1.807) is 6.08 Å². The van der Waals surface area contributed by atoms with Crippen molar-refractivity contribution < 1.29 is 64.6 Å². The van der Waals surface area contributed by atoms with Crippen molar-refractivity contribution in [3.63, 3.8) is 0 Å². The number of carbonyl (C=O) groups is 1. The summed E-state index contributed by atoms with van der Waals surface area (Å²) in [5.74, 6) is -0.268. The minimum absolute atomic E-state index is 0.252. The quantitative estimate of drug-likeness (QED) is 0.0205. The Hall–Kier alpha value is -2.57. The summed E-state index contributed by atoms with van der Waals surface area (Å²) in [6.45, 7) is 2.74. The van der Waals surface area contributed by atoms with Crippen LogP contribution < -0.4 is 5.32 Å². The number of nitrogens with one attached hydrogen (secondary N) is 1. The molecule has 0 aromatic carbocycles. The molecule has 0 radical (unpaired) electrons. The molecule has 14 nitrogen and oxygen atoms in total. The predicted octanol–water partition coefficient (Wildman–Crippen LogP) is 9.55. The van der Waals surface area contributed by atoms with Crippen LogP contribution in [0, 0.1) is 0 Å². The van der Waals surface area contributed by atoms with E-state index in [2.05, 4.69) is 79.9 Å². The Labute approximate surface area is 447 Å². The third-order valence-electron chi connectivity index (χ3n) is 13.8. The van der Waals surface area contributed by atoms with E-state index in [1.807, 2.05) is 6.08 Å². The van der Waals surface area contributed by atoms with Gasteiger partial charge in [0, 0.05) is 6.42 Å². The molecule has 2 aliphatic heterocycles. The molecule has 74 heavy (non-hydrogen) atoms. The molecule has 0 bridgehead atoms. The third kappa shape index (κ3) is 31.0. The largest absolute Gasteiger partial charge is 0.394 e. The maximum atomic E-state index is 13.2. The number of unbranched alkanes of at least 4 members (excludes halogenated alkanes) is 22. The van der Waals surface area contributed by atoms with E-state index >= 15 is 0 Å². The van der Waals surface area contributed by atoms with Gasteiger partial charge in [-0.15, -0.1) is 0 Å². The van der Waals surface area contributed by atoms with Crippen molar-refractivity contribution in [2.45, 2.75) is 280 Å². The van der Waals surface area contributed by atoms with Crippen LogP contribution in [0.5, 0.6) is 0 Å². The van der Waals surface area contributed by atoms with Crippen LogP contribution in [-0.4, -0.2) is 140 Å². The first-order chi connectivity index (χ1) is 36.1. The summed E-state index contributed by atoms with van der Waals surface area (Å²) >= 11 is 0. The van der Waals surface area contributed by atoms with Gasteiger partial charge in [-0.1, -0.05) is 189 Å². The van der Waals surface area contributed by atoms with Gasteiger partial charge in [-0.3, -0.25) is 4.79 Å². The summed E-state index contributed by atoms with van der Waals surface area (Å²) in [4.78, 5) is 13.2. The standard InChI is InChI=1S/C60H105NO13/c1-3-5-7-9-11-13-15-17-19-21-23-24-26-28-30-32-34-36-38-40-42-44-52(65)61-48(49(64)43-41-39-37-35-33-31-29-27-25-22-20-18-16-14-12-10-8-6-4-2)47-71-59-57(70)55(68)58(51(46-63)73-59)74-60-56(69)54(67)53(66)50(45-62)72-60/h15,17,21,23,25-28,33,35,41,43,48-51,53-60,62-64,66-70H,3-14,16,18-20,22,24,29-32,34,36-40,42,44-47H2,1-2H3,(H,61,65)/b17-15-,23-21-,27-25+,28-26-,35-33+,43-41+. The molecule has 2 rings (SSSR count). The average molecular weight is 1050 g/mol. The molecule has 0 aliphatic carbocycles. The first-order valence-corrected chi connectivity index (χ1v) is 29.2. The minimum Gasteiger partial charge on any atom is -0.394 e. The SMILES string of the molecule is CCCCCCC/C=C\C/C=C\C/C=C\CCCCCCCCC(=O)NC(COC1OC(CO)C(OC2OC(CO)C(O)C(O)C2O)C(O)C1O)C(O)/C=C/CC/C=C/CC/C=C/CCCCCCCCCCC. The highest BCUT2D eigenvalue weighted by atomic mass is 16.7. The van der Waals surface area contributed by atoms with Gasteiger partial charge >= 0.3 is 0 Å². The fraction of sp³-hybridized carbons (Fsp3) is 0.783.